The van der Waals surface area contributed by atoms with Gasteiger partial charge in [0.2, 0.25) is 5.76 Å². The number of hydrogen-bond donors (Lipinski definition) is 0. The van der Waals surface area contributed by atoms with E-state index in [9.17, 15) is 9.59 Å². The van der Waals surface area contributed by atoms with Gasteiger partial charge in [0, 0.05) is 10.7 Å². The summed E-state index contributed by atoms with van der Waals surface area (Å²) in [6, 6.07) is 17.0. The number of rotatable bonds is 6. The molecule has 0 aliphatic carbocycles. The van der Waals surface area contributed by atoms with Gasteiger partial charge in [-0.15, -0.1) is 0 Å². The van der Waals surface area contributed by atoms with E-state index in [0.29, 0.717) is 40.1 Å². The van der Waals surface area contributed by atoms with Gasteiger partial charge in [0.25, 0.3) is 5.91 Å². The highest BCUT2D eigenvalue weighted by molar-refractivity contribution is 6.31. The lowest BCUT2D eigenvalue weighted by molar-refractivity contribution is 0.0970. The molecule has 0 fully saturated rings. The molecule has 2 aromatic heterocycles. The molecular formula is C28H25ClN2O4. The van der Waals surface area contributed by atoms with Crippen molar-refractivity contribution in [3.8, 4) is 5.75 Å². The van der Waals surface area contributed by atoms with Crippen molar-refractivity contribution >= 4 is 34.3 Å². The minimum Gasteiger partial charge on any atom is -0.494 e. The number of nitrogens with zero attached hydrogens (tertiary/aromatic N) is 2. The van der Waals surface area contributed by atoms with Crippen LogP contribution < -0.4 is 15.1 Å². The van der Waals surface area contributed by atoms with E-state index >= 15 is 0 Å². The van der Waals surface area contributed by atoms with Crippen molar-refractivity contribution in [2.24, 2.45) is 5.92 Å². The second-order valence-corrected chi connectivity index (χ2v) is 9.57. The summed E-state index contributed by atoms with van der Waals surface area (Å²) in [5, 5.41) is 0.751. The Morgan fingerprint density at radius 3 is 2.66 bits per heavy atom. The number of halogens is 1. The Kier molecular flexibility index (Phi) is 6.07. The van der Waals surface area contributed by atoms with Gasteiger partial charge >= 0.3 is 0 Å². The monoisotopic (exact) mass is 488 g/mol. The van der Waals surface area contributed by atoms with Crippen LogP contribution in [0, 0.1) is 12.8 Å². The van der Waals surface area contributed by atoms with Crippen molar-refractivity contribution in [3.63, 3.8) is 0 Å². The molecule has 1 aliphatic heterocycles. The number of carbonyl (C=O) groups excluding carboxylic acids is 1. The topological polar surface area (TPSA) is 72.6 Å². The molecule has 0 spiro atoms. The van der Waals surface area contributed by atoms with Crippen LogP contribution in [0.3, 0.4) is 0 Å². The Balaban J connectivity index is 1.69. The quantitative estimate of drug-likeness (QED) is 0.317. The zero-order chi connectivity index (χ0) is 24.7. The molecule has 1 atom stereocenters. The molecule has 1 amide bonds. The number of amides is 1. The fourth-order valence-corrected chi connectivity index (χ4v) is 4.52. The molecule has 0 saturated carbocycles. The Hall–Kier alpha value is -3.64. The molecule has 0 saturated heterocycles. The van der Waals surface area contributed by atoms with Crippen molar-refractivity contribution in [1.29, 1.82) is 0 Å². The lowest BCUT2D eigenvalue weighted by Crippen LogP contribution is -2.30. The Labute approximate surface area is 208 Å². The van der Waals surface area contributed by atoms with Crippen molar-refractivity contribution in [2.45, 2.75) is 33.2 Å². The lowest BCUT2D eigenvalue weighted by atomic mass is 9.98. The van der Waals surface area contributed by atoms with Gasteiger partial charge in [-0.25, -0.2) is 4.98 Å². The van der Waals surface area contributed by atoms with Crippen LogP contribution in [0.25, 0.3) is 11.0 Å². The highest BCUT2D eigenvalue weighted by Gasteiger charge is 2.44. The molecule has 6 nitrogen and oxygen atoms in total. The highest BCUT2D eigenvalue weighted by atomic mass is 35.5. The number of anilines is 1. The van der Waals surface area contributed by atoms with E-state index in [0.717, 1.165) is 17.7 Å². The minimum atomic E-state index is -0.722. The Morgan fingerprint density at radius 1 is 1.09 bits per heavy atom. The van der Waals surface area contributed by atoms with E-state index in [4.69, 9.17) is 20.8 Å². The number of aryl methyl sites for hydroxylation is 1. The largest absolute Gasteiger partial charge is 0.494 e. The summed E-state index contributed by atoms with van der Waals surface area (Å²) >= 11 is 6.17. The summed E-state index contributed by atoms with van der Waals surface area (Å²) < 4.78 is 12.0. The van der Waals surface area contributed by atoms with Crippen LogP contribution in [-0.4, -0.2) is 17.5 Å². The van der Waals surface area contributed by atoms with Gasteiger partial charge < -0.3 is 9.15 Å². The van der Waals surface area contributed by atoms with Crippen LogP contribution in [0.1, 0.15) is 53.7 Å². The van der Waals surface area contributed by atoms with Crippen LogP contribution >= 0.6 is 11.6 Å². The Bertz CT molecular complexity index is 1490. The smallest absolute Gasteiger partial charge is 0.296 e. The number of ether oxygens (including phenoxy) is 1. The van der Waals surface area contributed by atoms with E-state index in [1.54, 1.807) is 24.3 Å². The molecule has 0 N–H and O–H groups in total. The third-order valence-corrected chi connectivity index (χ3v) is 6.33. The lowest BCUT2D eigenvalue weighted by Gasteiger charge is -2.25. The standard InChI is InChI=1S/C28H25ClN2O4/c1-16(2)12-13-34-20-8-5-7-18(14-20)25-24-26(32)21-15-19(29)10-11-22(21)35-27(24)28(33)31(25)23-9-4-6-17(3)30-23/h4-11,14-16,25H,12-13H2,1-3H3/t25-/m0/s1. The van der Waals surface area contributed by atoms with Crippen LogP contribution in [-0.2, 0) is 0 Å². The molecule has 0 unspecified atom stereocenters. The van der Waals surface area contributed by atoms with Crippen molar-refractivity contribution in [3.05, 3.63) is 98.5 Å². The second-order valence-electron chi connectivity index (χ2n) is 9.13. The van der Waals surface area contributed by atoms with Crippen LogP contribution in [0.2, 0.25) is 5.02 Å². The molecule has 3 heterocycles. The molecule has 0 radical (unpaired) electrons. The molecule has 35 heavy (non-hydrogen) atoms. The number of pyridine rings is 1. The van der Waals surface area contributed by atoms with Gasteiger partial charge in [0.15, 0.2) is 5.43 Å². The summed E-state index contributed by atoms with van der Waals surface area (Å²) in [5.74, 6) is 1.24. The summed E-state index contributed by atoms with van der Waals surface area (Å²) in [6.07, 6.45) is 0.921. The summed E-state index contributed by atoms with van der Waals surface area (Å²) in [4.78, 5) is 33.5. The van der Waals surface area contributed by atoms with Crippen molar-refractivity contribution < 1.29 is 13.9 Å². The molecule has 7 heteroatoms. The molecule has 0 bridgehead atoms. The van der Waals surface area contributed by atoms with Crippen LogP contribution in [0.5, 0.6) is 5.75 Å². The molecule has 5 rings (SSSR count). The number of fused-ring (bicyclic) bond motifs is 2. The number of hydrogen-bond acceptors (Lipinski definition) is 5. The fraction of sp³-hybridized carbons (Fsp3) is 0.250. The van der Waals surface area contributed by atoms with Gasteiger partial charge in [0.1, 0.15) is 17.2 Å². The number of aromatic nitrogens is 1. The fourth-order valence-electron chi connectivity index (χ4n) is 4.35. The maximum Gasteiger partial charge on any atom is 0.296 e. The minimum absolute atomic E-state index is 0.0178. The molecular weight excluding hydrogens is 464 g/mol. The van der Waals surface area contributed by atoms with E-state index in [1.807, 2.05) is 43.3 Å². The molecule has 4 aromatic rings. The maximum atomic E-state index is 13.7. The van der Waals surface area contributed by atoms with Crippen LogP contribution in [0.15, 0.2) is 69.9 Å². The third kappa shape index (κ3) is 4.30. The second kappa shape index (κ2) is 9.19. The first-order valence-electron chi connectivity index (χ1n) is 11.6. The van der Waals surface area contributed by atoms with E-state index in [1.165, 1.54) is 4.90 Å². The average Bonchev–Trinajstić information content (AvgIpc) is 3.12. The molecule has 2 aromatic carbocycles. The highest BCUT2D eigenvalue weighted by Crippen LogP contribution is 2.41. The van der Waals surface area contributed by atoms with Gasteiger partial charge in [-0.1, -0.05) is 43.6 Å². The first-order chi connectivity index (χ1) is 16.8. The number of carbonyl (C=O) groups is 1. The number of benzene rings is 2. The predicted molar refractivity (Wildman–Crippen MR) is 137 cm³/mol. The zero-order valence-electron chi connectivity index (χ0n) is 19.7. The first kappa shape index (κ1) is 23.1. The molecule has 178 valence electrons. The van der Waals surface area contributed by atoms with E-state index in [2.05, 4.69) is 18.8 Å². The normalized spacial score (nSPS) is 15.2. The van der Waals surface area contributed by atoms with Gasteiger partial charge in [0.05, 0.1) is 23.6 Å². The maximum absolute atomic E-state index is 13.7. The third-order valence-electron chi connectivity index (χ3n) is 6.09. The Morgan fingerprint density at radius 2 is 1.89 bits per heavy atom. The van der Waals surface area contributed by atoms with Crippen LogP contribution in [0.4, 0.5) is 5.82 Å². The SMILES string of the molecule is Cc1cccc(N2C(=O)c3oc4ccc(Cl)cc4c(=O)c3[C@@H]2c2cccc(OCCC(C)C)c2)n1. The first-order valence-corrected chi connectivity index (χ1v) is 12.0. The summed E-state index contributed by atoms with van der Waals surface area (Å²) in [7, 11) is 0. The van der Waals surface area contributed by atoms with E-state index < -0.39 is 11.9 Å². The van der Waals surface area contributed by atoms with E-state index in [-0.39, 0.29) is 16.8 Å². The summed E-state index contributed by atoms with van der Waals surface area (Å²) in [5.41, 5.74) is 1.79. The zero-order valence-corrected chi connectivity index (χ0v) is 20.5. The van der Waals surface area contributed by atoms with Gasteiger partial charge in [-0.3, -0.25) is 14.5 Å². The van der Waals surface area contributed by atoms with Crippen molar-refractivity contribution in [2.75, 3.05) is 11.5 Å². The average molecular weight is 489 g/mol. The van der Waals surface area contributed by atoms with Gasteiger partial charge in [-0.05, 0) is 67.3 Å². The van der Waals surface area contributed by atoms with Gasteiger partial charge in [-0.2, -0.15) is 0 Å². The molecule has 1 aliphatic rings. The summed E-state index contributed by atoms with van der Waals surface area (Å²) in [6.45, 7) is 6.72. The predicted octanol–water partition coefficient (Wildman–Crippen LogP) is 6.32. The van der Waals surface area contributed by atoms with Crippen molar-refractivity contribution in [1.82, 2.24) is 4.98 Å².